The van der Waals surface area contributed by atoms with Gasteiger partial charge in [-0.1, -0.05) is 72.8 Å². The number of rotatable bonds is 15. The van der Waals surface area contributed by atoms with Crippen LogP contribution in [0.4, 0.5) is 45.8 Å². The van der Waals surface area contributed by atoms with Crippen LogP contribution in [-0.4, -0.2) is 62.3 Å². The Balaban J connectivity index is 1.08. The van der Waals surface area contributed by atoms with Gasteiger partial charge in [0.05, 0.1) is 34.1 Å². The van der Waals surface area contributed by atoms with E-state index in [0.29, 0.717) is 34.9 Å². The van der Waals surface area contributed by atoms with Gasteiger partial charge in [0, 0.05) is 11.1 Å². The third kappa shape index (κ3) is 10.0. The minimum atomic E-state index is -5.29. The summed E-state index contributed by atoms with van der Waals surface area (Å²) < 4.78 is 135. The Kier molecular flexibility index (Phi) is 12.9. The average Bonchev–Trinajstić information content (AvgIpc) is 3.78. The highest BCUT2D eigenvalue weighted by Crippen LogP contribution is 2.39. The number of anilines is 4. The summed E-state index contributed by atoms with van der Waals surface area (Å²) in [6, 6.07) is 34.3. The van der Waals surface area contributed by atoms with E-state index in [2.05, 4.69) is 40.1 Å². The van der Waals surface area contributed by atoms with Crippen molar-refractivity contribution in [3.63, 3.8) is 0 Å². The van der Waals surface area contributed by atoms with E-state index in [1.807, 2.05) is 12.1 Å². The summed E-state index contributed by atoms with van der Waals surface area (Å²) in [6.07, 6.45) is 0. The summed E-state index contributed by atoms with van der Waals surface area (Å²) in [5.74, 6) is 0.257. The first-order valence-corrected chi connectivity index (χ1v) is 26.1. The molecule has 0 aliphatic carbocycles. The number of nitrogens with two attached hydrogens (primary N) is 2. The van der Waals surface area contributed by atoms with Gasteiger partial charge in [-0.3, -0.25) is 18.5 Å². The van der Waals surface area contributed by atoms with Crippen LogP contribution >= 0.6 is 0 Å². The van der Waals surface area contributed by atoms with Crippen LogP contribution < -0.4 is 20.9 Å². The molecule has 0 fully saturated rings. The van der Waals surface area contributed by atoms with Gasteiger partial charge in [0.2, 0.25) is 0 Å². The number of nitrogen functional groups attached to an aromatic ring is 2. The Morgan fingerprint density at radius 1 is 0.457 bits per heavy atom. The Hall–Kier alpha value is -8.14. The van der Waals surface area contributed by atoms with Gasteiger partial charge in [0.15, 0.2) is 23.0 Å². The highest BCUT2D eigenvalue weighted by Gasteiger charge is 2.28. The number of para-hydroxylation sites is 2. The second-order valence-electron chi connectivity index (χ2n) is 15.1. The topological polar surface area (TPSA) is 338 Å². The van der Waals surface area contributed by atoms with Crippen LogP contribution in [0.15, 0.2) is 186 Å². The summed E-state index contributed by atoms with van der Waals surface area (Å²) in [5.41, 5.74) is 12.9. The Morgan fingerprint density at radius 3 is 1.16 bits per heavy atom. The van der Waals surface area contributed by atoms with E-state index in [1.54, 1.807) is 62.4 Å². The highest BCUT2D eigenvalue weighted by atomic mass is 32.2. The first-order chi connectivity index (χ1) is 33.1. The molecule has 8 aromatic rings. The van der Waals surface area contributed by atoms with E-state index in [-0.39, 0.29) is 34.4 Å². The Bertz CT molecular complexity index is 3610. The van der Waals surface area contributed by atoms with Crippen molar-refractivity contribution in [2.24, 2.45) is 20.5 Å². The largest absolute Gasteiger partial charge is 0.382 e. The van der Waals surface area contributed by atoms with Crippen molar-refractivity contribution in [1.29, 1.82) is 0 Å². The quantitative estimate of drug-likeness (QED) is 0.0415. The molecule has 0 atom stereocenters. The molecule has 26 heteroatoms. The number of nitrogens with zero attached hydrogens (tertiary/aromatic N) is 8. The maximum Gasteiger partial charge on any atom is 0.295 e. The van der Waals surface area contributed by atoms with Gasteiger partial charge in [0.25, 0.3) is 40.3 Å². The number of aromatic nitrogens is 4. The number of hydrogen-bond acceptors (Lipinski definition) is 16. The van der Waals surface area contributed by atoms with E-state index in [1.165, 1.54) is 57.9 Å². The molecule has 8 N–H and O–H groups in total. The van der Waals surface area contributed by atoms with Crippen LogP contribution in [0.1, 0.15) is 11.4 Å². The van der Waals surface area contributed by atoms with Gasteiger partial charge in [-0.05, 0) is 86.6 Å². The maximum atomic E-state index is 13.9. The molecule has 0 spiro atoms. The van der Waals surface area contributed by atoms with Gasteiger partial charge in [-0.25, -0.2) is 26.2 Å². The van der Waals surface area contributed by atoms with Crippen molar-refractivity contribution < 1.29 is 42.8 Å². The second kappa shape index (κ2) is 18.7. The normalized spacial score (nSPS) is 12.5. The average molecular weight is 1020 g/mol. The summed E-state index contributed by atoms with van der Waals surface area (Å²) in [6.45, 7) is 3.28. The van der Waals surface area contributed by atoms with Gasteiger partial charge in [0.1, 0.15) is 31.0 Å². The molecule has 6 aromatic carbocycles. The molecule has 2 heterocycles. The molecule has 0 aliphatic rings. The minimum Gasteiger partial charge on any atom is -0.382 e. The smallest absolute Gasteiger partial charge is 0.295 e. The standard InChI is InChI=1S/C44H38N12O10S4/c1-27-41(43(45)55(51-27)31-13-5-3-6-14-31)49-47-35-17-9-11-19-37(35)67(57,58)53-29-21-23-33(39(25-29)69(61,62)63)34-24-22-30(26-40(34)70(64,65)66)54-68(59,60)38-20-12-10-18-36(38)48-50-42-28(2)52-56(44(42)46)32-15-7-4-8-16-32/h3-26,53-54H,45-46H2,1-2H3,(H,61,62,63)(H,64,65,66)/b49-47+,50-48+. The summed E-state index contributed by atoms with van der Waals surface area (Å²) in [7, 11) is -19.8. The fourth-order valence-electron chi connectivity index (χ4n) is 7.06. The number of hydrogen-bond donors (Lipinski definition) is 6. The van der Waals surface area contributed by atoms with E-state index in [9.17, 15) is 42.8 Å². The third-order valence-electron chi connectivity index (χ3n) is 10.3. The van der Waals surface area contributed by atoms with Crippen LogP contribution in [0.5, 0.6) is 0 Å². The van der Waals surface area contributed by atoms with E-state index in [4.69, 9.17) is 11.5 Å². The van der Waals surface area contributed by atoms with Crippen molar-refractivity contribution in [2.45, 2.75) is 33.4 Å². The Morgan fingerprint density at radius 2 is 0.800 bits per heavy atom. The molecule has 2 aromatic heterocycles. The molecule has 358 valence electrons. The lowest BCUT2D eigenvalue weighted by Gasteiger charge is -2.16. The second-order valence-corrected chi connectivity index (χ2v) is 21.1. The Labute approximate surface area is 400 Å². The molecule has 0 bridgehead atoms. The minimum absolute atomic E-state index is 0.129. The summed E-state index contributed by atoms with van der Waals surface area (Å²) in [4.78, 5) is -2.80. The third-order valence-corrected chi connectivity index (χ3v) is 14.9. The fraction of sp³-hybridized carbons (Fsp3) is 0.0455. The number of benzene rings is 6. The van der Waals surface area contributed by atoms with Gasteiger partial charge in [-0.15, -0.1) is 20.5 Å². The molecular weight excluding hydrogens is 985 g/mol. The van der Waals surface area contributed by atoms with Crippen LogP contribution in [0, 0.1) is 13.8 Å². The molecule has 0 radical (unpaired) electrons. The molecule has 0 unspecified atom stereocenters. The SMILES string of the molecule is Cc1nn(-c2ccccc2)c(N)c1/N=N/c1ccccc1S(=O)(=O)Nc1ccc(-c2ccc(NS(=O)(=O)c3ccccc3/N=N/c3c(C)nn(-c4ccccc4)c3N)cc2S(=O)(=O)O)c(S(=O)(=O)O)c1. The predicted molar refractivity (Wildman–Crippen MR) is 260 cm³/mol. The lowest BCUT2D eigenvalue weighted by molar-refractivity contribution is 0.480. The molecule has 0 amide bonds. The first kappa shape index (κ1) is 48.3. The van der Waals surface area contributed by atoms with E-state index in [0.717, 1.165) is 24.3 Å². The lowest BCUT2D eigenvalue weighted by Crippen LogP contribution is -2.14. The van der Waals surface area contributed by atoms with Gasteiger partial charge < -0.3 is 11.5 Å². The van der Waals surface area contributed by atoms with Crippen LogP contribution in [0.3, 0.4) is 0 Å². The molecule has 22 nitrogen and oxygen atoms in total. The number of sulfonamides is 2. The lowest BCUT2D eigenvalue weighted by atomic mass is 10.0. The predicted octanol–water partition coefficient (Wildman–Crippen LogP) is 8.43. The van der Waals surface area contributed by atoms with Crippen molar-refractivity contribution >= 4 is 86.0 Å². The van der Waals surface area contributed by atoms with E-state index >= 15 is 0 Å². The van der Waals surface area contributed by atoms with Crippen LogP contribution in [-0.2, 0) is 40.3 Å². The summed E-state index contributed by atoms with van der Waals surface area (Å²) >= 11 is 0. The fourth-order valence-corrected chi connectivity index (χ4v) is 10.9. The molecule has 70 heavy (non-hydrogen) atoms. The molecular formula is C44H38N12O10S4. The van der Waals surface area contributed by atoms with Crippen LogP contribution in [0.2, 0.25) is 0 Å². The molecule has 0 saturated heterocycles. The van der Waals surface area contributed by atoms with Crippen molar-refractivity contribution in [2.75, 3.05) is 20.9 Å². The zero-order chi connectivity index (χ0) is 50.2. The van der Waals surface area contributed by atoms with Gasteiger partial charge in [-0.2, -0.15) is 27.0 Å². The van der Waals surface area contributed by atoms with Crippen molar-refractivity contribution in [1.82, 2.24) is 19.6 Å². The number of nitrogens with one attached hydrogen (secondary N) is 2. The highest BCUT2D eigenvalue weighted by molar-refractivity contribution is 7.93. The zero-order valence-electron chi connectivity index (χ0n) is 36.4. The van der Waals surface area contributed by atoms with E-state index < -0.39 is 82.4 Å². The number of azo groups is 2. The molecule has 8 rings (SSSR count). The first-order valence-electron chi connectivity index (χ1n) is 20.2. The van der Waals surface area contributed by atoms with Crippen molar-refractivity contribution in [3.8, 4) is 22.5 Å². The monoisotopic (exact) mass is 1020 g/mol. The number of aryl methyl sites for hydroxylation is 2. The molecule has 0 saturated carbocycles. The summed E-state index contributed by atoms with van der Waals surface area (Å²) in [5, 5.41) is 25.5. The zero-order valence-corrected chi connectivity index (χ0v) is 39.6. The van der Waals surface area contributed by atoms with Crippen LogP contribution in [0.25, 0.3) is 22.5 Å². The van der Waals surface area contributed by atoms with Gasteiger partial charge >= 0.3 is 0 Å². The van der Waals surface area contributed by atoms with Crippen molar-refractivity contribution in [3.05, 3.63) is 157 Å². The molecule has 0 aliphatic heterocycles. The maximum absolute atomic E-state index is 13.9.